The molecule has 1 aromatic heterocycles. The van der Waals surface area contributed by atoms with Crippen molar-refractivity contribution in [1.29, 1.82) is 0 Å². The molecule has 0 aromatic carbocycles. The second kappa shape index (κ2) is 6.06. The third-order valence-electron chi connectivity index (χ3n) is 4.70. The first-order valence-corrected chi connectivity index (χ1v) is 7.60. The van der Waals surface area contributed by atoms with Crippen molar-refractivity contribution in [1.82, 2.24) is 14.9 Å². The van der Waals surface area contributed by atoms with Crippen LogP contribution in [0.4, 0.5) is 5.95 Å². The lowest BCUT2D eigenvalue weighted by Gasteiger charge is -2.46. The standard InChI is InChI=1S/C15H24N4O/c1-20-12-11-19-10-3-6-15(19)5-2-9-18(13-15)14-16-7-4-8-17-14/h4,7-8H,2-3,5-6,9-13H2,1H3/t15-/m1/s1. The Morgan fingerprint density at radius 2 is 1.95 bits per heavy atom. The van der Waals surface area contributed by atoms with Gasteiger partial charge in [-0.1, -0.05) is 0 Å². The van der Waals surface area contributed by atoms with Gasteiger partial charge in [0.2, 0.25) is 5.95 Å². The summed E-state index contributed by atoms with van der Waals surface area (Å²) in [5, 5.41) is 0. The predicted molar refractivity (Wildman–Crippen MR) is 78.9 cm³/mol. The molecule has 1 atom stereocenters. The van der Waals surface area contributed by atoms with Crippen LogP contribution in [0.1, 0.15) is 25.7 Å². The third kappa shape index (κ3) is 2.65. The highest BCUT2D eigenvalue weighted by molar-refractivity contribution is 5.31. The summed E-state index contributed by atoms with van der Waals surface area (Å²) in [6.45, 7) is 5.20. The highest BCUT2D eigenvalue weighted by Crippen LogP contribution is 2.37. The molecule has 110 valence electrons. The average Bonchev–Trinajstić information content (AvgIpc) is 2.88. The van der Waals surface area contributed by atoms with Crippen LogP contribution in [0.15, 0.2) is 18.5 Å². The molecule has 0 amide bonds. The number of likely N-dealkylation sites (tertiary alicyclic amines) is 1. The molecule has 0 radical (unpaired) electrons. The molecule has 2 fully saturated rings. The molecule has 20 heavy (non-hydrogen) atoms. The van der Waals surface area contributed by atoms with Gasteiger partial charge >= 0.3 is 0 Å². The van der Waals surface area contributed by atoms with Crippen molar-refractivity contribution in [2.24, 2.45) is 0 Å². The zero-order valence-corrected chi connectivity index (χ0v) is 12.3. The average molecular weight is 276 g/mol. The fraction of sp³-hybridized carbons (Fsp3) is 0.733. The number of rotatable bonds is 4. The first kappa shape index (κ1) is 13.8. The van der Waals surface area contributed by atoms with Gasteiger partial charge in [0.25, 0.3) is 0 Å². The molecule has 5 nitrogen and oxygen atoms in total. The summed E-state index contributed by atoms with van der Waals surface area (Å²) in [5.41, 5.74) is 0.315. The summed E-state index contributed by atoms with van der Waals surface area (Å²) in [5.74, 6) is 0.880. The molecule has 0 unspecified atom stereocenters. The summed E-state index contributed by atoms with van der Waals surface area (Å²) < 4.78 is 5.27. The van der Waals surface area contributed by atoms with Crippen molar-refractivity contribution in [3.63, 3.8) is 0 Å². The summed E-state index contributed by atoms with van der Waals surface area (Å²) >= 11 is 0. The molecule has 0 bridgehead atoms. The quantitative estimate of drug-likeness (QED) is 0.835. The molecular formula is C15H24N4O. The van der Waals surface area contributed by atoms with E-state index in [1.807, 2.05) is 18.5 Å². The lowest BCUT2D eigenvalue weighted by atomic mass is 9.86. The number of nitrogens with zero attached hydrogens (tertiary/aromatic N) is 4. The molecule has 0 N–H and O–H groups in total. The van der Waals surface area contributed by atoms with Crippen LogP contribution in [0.2, 0.25) is 0 Å². The van der Waals surface area contributed by atoms with E-state index in [1.165, 1.54) is 32.2 Å². The van der Waals surface area contributed by atoms with Crippen molar-refractivity contribution in [3.8, 4) is 0 Å². The van der Waals surface area contributed by atoms with Crippen LogP contribution < -0.4 is 4.90 Å². The summed E-state index contributed by atoms with van der Waals surface area (Å²) in [4.78, 5) is 13.8. The van der Waals surface area contributed by atoms with Crippen molar-refractivity contribution in [2.75, 3.05) is 44.8 Å². The van der Waals surface area contributed by atoms with Crippen LogP contribution in [0.5, 0.6) is 0 Å². The van der Waals surface area contributed by atoms with Crippen LogP contribution in [0, 0.1) is 0 Å². The molecular weight excluding hydrogens is 252 g/mol. The highest BCUT2D eigenvalue weighted by atomic mass is 16.5. The van der Waals surface area contributed by atoms with Gasteiger partial charge in [-0.2, -0.15) is 0 Å². The van der Waals surface area contributed by atoms with Gasteiger partial charge in [-0.15, -0.1) is 0 Å². The van der Waals surface area contributed by atoms with Crippen LogP contribution in [0.3, 0.4) is 0 Å². The summed E-state index contributed by atoms with van der Waals surface area (Å²) in [7, 11) is 1.79. The van der Waals surface area contributed by atoms with E-state index < -0.39 is 0 Å². The van der Waals surface area contributed by atoms with Crippen LogP contribution in [-0.2, 0) is 4.74 Å². The summed E-state index contributed by atoms with van der Waals surface area (Å²) in [6.07, 6.45) is 8.77. The largest absolute Gasteiger partial charge is 0.383 e. The van der Waals surface area contributed by atoms with Crippen molar-refractivity contribution >= 4 is 5.95 Å². The van der Waals surface area contributed by atoms with E-state index >= 15 is 0 Å². The SMILES string of the molecule is COCCN1CCC[C@@]12CCCN(c1ncccn1)C2. The minimum atomic E-state index is 0.315. The van der Waals surface area contributed by atoms with Crippen LogP contribution >= 0.6 is 0 Å². The molecule has 0 aliphatic carbocycles. The Morgan fingerprint density at radius 1 is 1.20 bits per heavy atom. The minimum Gasteiger partial charge on any atom is -0.383 e. The van der Waals surface area contributed by atoms with Crippen molar-refractivity contribution < 1.29 is 4.74 Å². The minimum absolute atomic E-state index is 0.315. The Labute approximate surface area is 121 Å². The number of piperidine rings is 1. The van der Waals surface area contributed by atoms with E-state index in [9.17, 15) is 0 Å². The van der Waals surface area contributed by atoms with Gasteiger partial charge in [0.15, 0.2) is 0 Å². The number of ether oxygens (including phenoxy) is 1. The van der Waals surface area contributed by atoms with Gasteiger partial charge in [0.1, 0.15) is 0 Å². The number of aromatic nitrogens is 2. The molecule has 2 aliphatic rings. The Morgan fingerprint density at radius 3 is 2.70 bits per heavy atom. The van der Waals surface area contributed by atoms with Crippen molar-refractivity contribution in [2.45, 2.75) is 31.2 Å². The number of anilines is 1. The molecule has 2 aliphatic heterocycles. The van der Waals surface area contributed by atoms with E-state index in [0.29, 0.717) is 5.54 Å². The zero-order chi connectivity index (χ0) is 13.8. The van der Waals surface area contributed by atoms with Crippen molar-refractivity contribution in [3.05, 3.63) is 18.5 Å². The van der Waals surface area contributed by atoms with Gasteiger partial charge in [-0.05, 0) is 38.3 Å². The Kier molecular flexibility index (Phi) is 4.17. The Bertz CT molecular complexity index is 427. The molecule has 1 aromatic rings. The molecule has 5 heteroatoms. The monoisotopic (exact) mass is 276 g/mol. The summed E-state index contributed by atoms with van der Waals surface area (Å²) in [6, 6.07) is 1.88. The maximum Gasteiger partial charge on any atom is 0.225 e. The van der Waals surface area contributed by atoms with E-state index in [0.717, 1.165) is 32.2 Å². The fourth-order valence-corrected chi connectivity index (χ4v) is 3.74. The third-order valence-corrected chi connectivity index (χ3v) is 4.70. The smallest absolute Gasteiger partial charge is 0.225 e. The molecule has 0 saturated carbocycles. The molecule has 2 saturated heterocycles. The second-order valence-corrected chi connectivity index (χ2v) is 5.88. The van der Waals surface area contributed by atoms with Gasteiger partial charge in [-0.3, -0.25) is 4.90 Å². The Hall–Kier alpha value is -1.20. The Balaban J connectivity index is 1.73. The van der Waals surface area contributed by atoms with Gasteiger partial charge in [0, 0.05) is 44.7 Å². The van der Waals surface area contributed by atoms with E-state index in [4.69, 9.17) is 4.74 Å². The topological polar surface area (TPSA) is 41.5 Å². The maximum absolute atomic E-state index is 5.27. The first-order valence-electron chi connectivity index (χ1n) is 7.60. The lowest BCUT2D eigenvalue weighted by molar-refractivity contribution is 0.0779. The lowest BCUT2D eigenvalue weighted by Crippen LogP contribution is -2.56. The fourth-order valence-electron chi connectivity index (χ4n) is 3.74. The maximum atomic E-state index is 5.27. The number of hydrogen-bond acceptors (Lipinski definition) is 5. The first-order chi connectivity index (χ1) is 9.84. The van der Waals surface area contributed by atoms with Gasteiger partial charge in [-0.25, -0.2) is 9.97 Å². The molecule has 1 spiro atoms. The zero-order valence-electron chi connectivity index (χ0n) is 12.3. The second-order valence-electron chi connectivity index (χ2n) is 5.88. The van der Waals surface area contributed by atoms with E-state index in [2.05, 4.69) is 19.8 Å². The highest BCUT2D eigenvalue weighted by Gasteiger charge is 2.43. The van der Waals surface area contributed by atoms with Crippen LogP contribution in [0.25, 0.3) is 0 Å². The van der Waals surface area contributed by atoms with Gasteiger partial charge < -0.3 is 9.64 Å². The number of methoxy groups -OCH3 is 1. The van der Waals surface area contributed by atoms with E-state index in [1.54, 1.807) is 7.11 Å². The normalized spacial score (nSPS) is 27.4. The van der Waals surface area contributed by atoms with Gasteiger partial charge in [0.05, 0.1) is 6.61 Å². The van der Waals surface area contributed by atoms with Crippen LogP contribution in [-0.4, -0.2) is 60.3 Å². The molecule has 3 rings (SSSR count). The predicted octanol–water partition coefficient (Wildman–Crippen LogP) is 1.56. The molecule has 3 heterocycles. The number of hydrogen-bond donors (Lipinski definition) is 0. The van der Waals surface area contributed by atoms with E-state index in [-0.39, 0.29) is 0 Å².